The van der Waals surface area contributed by atoms with E-state index in [9.17, 15) is 4.79 Å². The van der Waals surface area contributed by atoms with Gasteiger partial charge in [0, 0.05) is 24.7 Å². The molecular formula is C25H32N2O4. The molecule has 1 amide bonds. The maximum atomic E-state index is 13.4. The van der Waals surface area contributed by atoms with Gasteiger partial charge in [-0.2, -0.15) is 0 Å². The van der Waals surface area contributed by atoms with Crippen LogP contribution in [0.25, 0.3) is 0 Å². The van der Waals surface area contributed by atoms with Crippen LogP contribution in [0.2, 0.25) is 0 Å². The summed E-state index contributed by atoms with van der Waals surface area (Å²) in [4.78, 5) is 17.7. The van der Waals surface area contributed by atoms with Crippen molar-refractivity contribution in [3.8, 4) is 17.2 Å². The maximum absolute atomic E-state index is 13.4. The second kappa shape index (κ2) is 9.60. The molecular weight excluding hydrogens is 392 g/mol. The third kappa shape index (κ3) is 4.79. The lowest BCUT2D eigenvalue weighted by molar-refractivity contribution is -0.133. The summed E-state index contributed by atoms with van der Waals surface area (Å²) in [6.07, 6.45) is 4.29. The lowest BCUT2D eigenvalue weighted by Gasteiger charge is -2.29. The van der Waals surface area contributed by atoms with E-state index in [2.05, 4.69) is 11.0 Å². The van der Waals surface area contributed by atoms with Crippen LogP contribution in [0.4, 0.5) is 0 Å². The zero-order valence-corrected chi connectivity index (χ0v) is 18.7. The van der Waals surface area contributed by atoms with E-state index < -0.39 is 0 Å². The number of ether oxygens (including phenoxy) is 3. The van der Waals surface area contributed by atoms with Crippen molar-refractivity contribution < 1.29 is 19.0 Å². The second-order valence-electron chi connectivity index (χ2n) is 8.31. The molecule has 166 valence electrons. The van der Waals surface area contributed by atoms with E-state index in [0.29, 0.717) is 24.1 Å². The van der Waals surface area contributed by atoms with Gasteiger partial charge in [0.25, 0.3) is 0 Å². The average Bonchev–Trinajstić information content (AvgIpc) is 3.54. The fourth-order valence-corrected chi connectivity index (χ4v) is 4.54. The van der Waals surface area contributed by atoms with Crippen LogP contribution < -0.4 is 14.2 Å². The average molecular weight is 425 g/mol. The first-order valence-corrected chi connectivity index (χ1v) is 11.0. The summed E-state index contributed by atoms with van der Waals surface area (Å²) >= 11 is 0. The van der Waals surface area contributed by atoms with Crippen molar-refractivity contribution in [2.45, 2.75) is 44.3 Å². The number of rotatable bonds is 9. The minimum atomic E-state index is 0.0830. The van der Waals surface area contributed by atoms with Crippen LogP contribution in [-0.2, 0) is 11.3 Å². The van der Waals surface area contributed by atoms with Crippen LogP contribution >= 0.6 is 0 Å². The third-order valence-corrected chi connectivity index (χ3v) is 6.33. The van der Waals surface area contributed by atoms with Gasteiger partial charge in [0.1, 0.15) is 5.75 Å². The highest BCUT2D eigenvalue weighted by Gasteiger charge is 2.35. The van der Waals surface area contributed by atoms with Gasteiger partial charge in [0.05, 0.1) is 33.9 Å². The molecule has 1 saturated heterocycles. The van der Waals surface area contributed by atoms with E-state index in [-0.39, 0.29) is 11.9 Å². The number of nitrogens with zero attached hydrogens (tertiary/aromatic N) is 2. The first kappa shape index (κ1) is 21.5. The van der Waals surface area contributed by atoms with E-state index >= 15 is 0 Å². The molecule has 2 aliphatic rings. The van der Waals surface area contributed by atoms with E-state index in [1.54, 1.807) is 21.3 Å². The number of carbonyl (C=O) groups excluding carboxylic acids is 1. The predicted octanol–water partition coefficient (Wildman–Crippen LogP) is 4.04. The Balaban J connectivity index is 1.48. The predicted molar refractivity (Wildman–Crippen MR) is 120 cm³/mol. The molecule has 0 radical (unpaired) electrons. The first-order valence-electron chi connectivity index (χ1n) is 11.0. The zero-order chi connectivity index (χ0) is 21.8. The molecule has 0 aromatic heterocycles. The van der Waals surface area contributed by atoms with Gasteiger partial charge < -0.3 is 19.1 Å². The molecule has 0 bridgehead atoms. The van der Waals surface area contributed by atoms with Crippen LogP contribution in [0.1, 0.15) is 42.9 Å². The monoisotopic (exact) mass is 424 g/mol. The molecule has 1 aliphatic heterocycles. The summed E-state index contributed by atoms with van der Waals surface area (Å²) in [6, 6.07) is 14.6. The molecule has 2 aromatic carbocycles. The van der Waals surface area contributed by atoms with E-state index in [1.807, 2.05) is 41.3 Å². The van der Waals surface area contributed by atoms with Gasteiger partial charge >= 0.3 is 0 Å². The SMILES string of the molecule is COc1ccccc1CN(CC(=O)N1CCCC1c1ccc(OC)c(OC)c1)C1CC1. The number of methoxy groups -OCH3 is 3. The normalized spacial score (nSPS) is 18.3. The molecule has 6 nitrogen and oxygen atoms in total. The van der Waals surface area contributed by atoms with Crippen LogP contribution in [0.3, 0.4) is 0 Å². The smallest absolute Gasteiger partial charge is 0.237 e. The lowest BCUT2D eigenvalue weighted by Crippen LogP contribution is -2.40. The highest BCUT2D eigenvalue weighted by molar-refractivity contribution is 5.79. The second-order valence-corrected chi connectivity index (χ2v) is 8.31. The van der Waals surface area contributed by atoms with Crippen LogP contribution in [0, 0.1) is 0 Å². The zero-order valence-electron chi connectivity index (χ0n) is 18.7. The molecule has 31 heavy (non-hydrogen) atoms. The number of benzene rings is 2. The van der Waals surface area contributed by atoms with Gasteiger partial charge in [-0.05, 0) is 49.4 Å². The Hall–Kier alpha value is -2.73. The van der Waals surface area contributed by atoms with Crippen LogP contribution in [0.15, 0.2) is 42.5 Å². The minimum absolute atomic E-state index is 0.0830. The Kier molecular flexibility index (Phi) is 6.66. The third-order valence-electron chi connectivity index (χ3n) is 6.33. The summed E-state index contributed by atoms with van der Waals surface area (Å²) < 4.78 is 16.4. The van der Waals surface area contributed by atoms with Crippen molar-refractivity contribution in [1.82, 2.24) is 9.80 Å². The number of para-hydroxylation sites is 1. The summed E-state index contributed by atoms with van der Waals surface area (Å²) in [6.45, 7) is 1.97. The van der Waals surface area contributed by atoms with Crippen molar-refractivity contribution >= 4 is 5.91 Å². The quantitative estimate of drug-likeness (QED) is 0.608. The first-order chi connectivity index (χ1) is 15.1. The highest BCUT2D eigenvalue weighted by Crippen LogP contribution is 2.37. The fraction of sp³-hybridized carbons (Fsp3) is 0.480. The summed E-state index contributed by atoms with van der Waals surface area (Å²) in [5, 5.41) is 0. The van der Waals surface area contributed by atoms with E-state index in [4.69, 9.17) is 14.2 Å². The van der Waals surface area contributed by atoms with Crippen molar-refractivity contribution in [2.75, 3.05) is 34.4 Å². The Labute approximate surface area is 184 Å². The van der Waals surface area contributed by atoms with Crippen molar-refractivity contribution in [1.29, 1.82) is 0 Å². The maximum Gasteiger partial charge on any atom is 0.237 e. The van der Waals surface area contributed by atoms with Crippen molar-refractivity contribution in [3.05, 3.63) is 53.6 Å². The molecule has 1 saturated carbocycles. The minimum Gasteiger partial charge on any atom is -0.496 e. The van der Waals surface area contributed by atoms with E-state index in [1.165, 1.54) is 0 Å². The van der Waals surface area contributed by atoms with Crippen LogP contribution in [0.5, 0.6) is 17.2 Å². The summed E-state index contributed by atoms with van der Waals surface area (Å²) in [7, 11) is 4.98. The Morgan fingerprint density at radius 1 is 0.968 bits per heavy atom. The number of likely N-dealkylation sites (tertiary alicyclic amines) is 1. The number of hydrogen-bond acceptors (Lipinski definition) is 5. The van der Waals surface area contributed by atoms with Gasteiger partial charge in [-0.3, -0.25) is 9.69 Å². The lowest BCUT2D eigenvalue weighted by atomic mass is 10.0. The van der Waals surface area contributed by atoms with Gasteiger partial charge in [-0.25, -0.2) is 0 Å². The molecule has 4 rings (SSSR count). The topological polar surface area (TPSA) is 51.2 Å². The summed E-state index contributed by atoms with van der Waals surface area (Å²) in [5.41, 5.74) is 2.23. The van der Waals surface area contributed by atoms with Gasteiger partial charge in [-0.15, -0.1) is 0 Å². The number of carbonyl (C=O) groups is 1. The Bertz CT molecular complexity index is 912. The van der Waals surface area contributed by atoms with Crippen molar-refractivity contribution in [3.63, 3.8) is 0 Å². The number of hydrogen-bond donors (Lipinski definition) is 0. The largest absolute Gasteiger partial charge is 0.496 e. The molecule has 6 heteroatoms. The highest BCUT2D eigenvalue weighted by atomic mass is 16.5. The van der Waals surface area contributed by atoms with Gasteiger partial charge in [-0.1, -0.05) is 24.3 Å². The van der Waals surface area contributed by atoms with Crippen LogP contribution in [-0.4, -0.2) is 56.2 Å². The fourth-order valence-electron chi connectivity index (χ4n) is 4.54. The summed E-state index contributed by atoms with van der Waals surface area (Å²) in [5.74, 6) is 2.48. The Morgan fingerprint density at radius 2 is 1.71 bits per heavy atom. The van der Waals surface area contributed by atoms with Crippen molar-refractivity contribution in [2.24, 2.45) is 0 Å². The number of amides is 1. The molecule has 1 heterocycles. The molecule has 2 aromatic rings. The molecule has 0 spiro atoms. The molecule has 1 aliphatic carbocycles. The standard InChI is InChI=1S/C25H32N2O4/c1-29-22-9-5-4-7-19(22)16-26(20-11-12-20)17-25(28)27-14-6-8-21(27)18-10-13-23(30-2)24(15-18)31-3/h4-5,7,9-10,13,15,20-21H,6,8,11-12,14,16-17H2,1-3H3. The van der Waals surface area contributed by atoms with E-state index in [0.717, 1.165) is 55.6 Å². The molecule has 0 N–H and O–H groups in total. The van der Waals surface area contributed by atoms with Gasteiger partial charge in [0.2, 0.25) is 5.91 Å². The molecule has 1 unspecified atom stereocenters. The molecule has 2 fully saturated rings. The van der Waals surface area contributed by atoms with Gasteiger partial charge in [0.15, 0.2) is 11.5 Å². The molecule has 1 atom stereocenters. The Morgan fingerprint density at radius 3 is 2.42 bits per heavy atom.